The topological polar surface area (TPSA) is 91.4 Å². The number of H-pyrrole nitrogens is 1. The van der Waals surface area contributed by atoms with Crippen LogP contribution in [-0.4, -0.2) is 35.1 Å². The minimum atomic E-state index is -1.09. The van der Waals surface area contributed by atoms with Crippen LogP contribution in [-0.2, 0) is 20.7 Å². The number of methoxy groups -OCH3 is 1. The summed E-state index contributed by atoms with van der Waals surface area (Å²) in [7, 11) is 1.42. The van der Waals surface area contributed by atoms with Gasteiger partial charge in [-0.3, -0.25) is 4.79 Å². The second kappa shape index (κ2) is 7.84. The van der Waals surface area contributed by atoms with Gasteiger partial charge < -0.3 is 20.1 Å². The zero-order chi connectivity index (χ0) is 18.5. The quantitative estimate of drug-likeness (QED) is 0.610. The number of amides is 1. The van der Waals surface area contributed by atoms with Crippen LogP contribution in [0.15, 0.2) is 60.8 Å². The van der Waals surface area contributed by atoms with Crippen LogP contribution >= 0.6 is 0 Å². The number of rotatable bonds is 7. The third-order valence-corrected chi connectivity index (χ3v) is 4.29. The van der Waals surface area contributed by atoms with Crippen molar-refractivity contribution in [1.82, 2.24) is 10.3 Å². The number of carboxylic acid groups (broad SMARTS) is 1. The van der Waals surface area contributed by atoms with Crippen LogP contribution in [0.4, 0.5) is 0 Å². The van der Waals surface area contributed by atoms with Crippen LogP contribution < -0.4 is 5.32 Å². The maximum absolute atomic E-state index is 12.6. The summed E-state index contributed by atoms with van der Waals surface area (Å²) in [4.78, 5) is 27.4. The number of ether oxygens (including phenoxy) is 1. The Kier molecular flexibility index (Phi) is 5.34. The van der Waals surface area contributed by atoms with Gasteiger partial charge in [-0.1, -0.05) is 48.5 Å². The Morgan fingerprint density at radius 2 is 1.81 bits per heavy atom. The van der Waals surface area contributed by atoms with E-state index in [1.165, 1.54) is 7.11 Å². The number of aliphatic carboxylic acids is 1. The van der Waals surface area contributed by atoms with Crippen molar-refractivity contribution in [3.8, 4) is 0 Å². The second-order valence-electron chi connectivity index (χ2n) is 5.99. The van der Waals surface area contributed by atoms with Gasteiger partial charge in [0.15, 0.2) is 6.10 Å². The number of aromatic amines is 1. The molecule has 26 heavy (non-hydrogen) atoms. The first-order chi connectivity index (χ1) is 12.6. The van der Waals surface area contributed by atoms with E-state index < -0.39 is 24.0 Å². The molecule has 0 aliphatic heterocycles. The summed E-state index contributed by atoms with van der Waals surface area (Å²) in [5.74, 6) is -1.57. The highest BCUT2D eigenvalue weighted by molar-refractivity contribution is 5.88. The Labute approximate surface area is 150 Å². The van der Waals surface area contributed by atoms with Crippen molar-refractivity contribution in [3.05, 3.63) is 71.9 Å². The fourth-order valence-corrected chi connectivity index (χ4v) is 2.99. The van der Waals surface area contributed by atoms with Crippen molar-refractivity contribution in [2.75, 3.05) is 7.11 Å². The lowest BCUT2D eigenvalue weighted by Crippen LogP contribution is -2.44. The molecule has 6 heteroatoms. The van der Waals surface area contributed by atoms with Gasteiger partial charge in [0.25, 0.3) is 5.91 Å². The third kappa shape index (κ3) is 3.75. The number of nitrogens with one attached hydrogen (secondary N) is 2. The van der Waals surface area contributed by atoms with Crippen molar-refractivity contribution in [2.24, 2.45) is 0 Å². The fourth-order valence-electron chi connectivity index (χ4n) is 2.99. The van der Waals surface area contributed by atoms with Crippen LogP contribution in [0, 0.1) is 0 Å². The van der Waals surface area contributed by atoms with E-state index in [1.807, 2.05) is 30.3 Å². The van der Waals surface area contributed by atoms with E-state index in [4.69, 9.17) is 4.74 Å². The molecule has 0 unspecified atom stereocenters. The minimum absolute atomic E-state index is 0.177. The number of hydrogen-bond donors (Lipinski definition) is 3. The molecule has 0 fully saturated rings. The zero-order valence-corrected chi connectivity index (χ0v) is 14.3. The number of carbonyl (C=O) groups is 2. The van der Waals surface area contributed by atoms with Gasteiger partial charge in [-0.15, -0.1) is 0 Å². The van der Waals surface area contributed by atoms with Crippen LogP contribution in [0.1, 0.15) is 17.2 Å². The number of carboxylic acids is 1. The average molecular weight is 352 g/mol. The van der Waals surface area contributed by atoms with Gasteiger partial charge in [0.05, 0.1) is 0 Å². The van der Waals surface area contributed by atoms with Crippen molar-refractivity contribution in [1.29, 1.82) is 0 Å². The first-order valence-corrected chi connectivity index (χ1v) is 8.26. The summed E-state index contributed by atoms with van der Waals surface area (Å²) in [6.07, 6.45) is 1.09. The highest BCUT2D eigenvalue weighted by atomic mass is 16.5. The van der Waals surface area contributed by atoms with E-state index in [1.54, 1.807) is 30.5 Å². The van der Waals surface area contributed by atoms with Gasteiger partial charge in [-0.2, -0.15) is 0 Å². The molecule has 1 aromatic heterocycles. The smallest absolute Gasteiger partial charge is 0.326 e. The van der Waals surface area contributed by atoms with Gasteiger partial charge in [0, 0.05) is 30.6 Å². The highest BCUT2D eigenvalue weighted by Crippen LogP contribution is 2.20. The number of aromatic nitrogens is 1. The van der Waals surface area contributed by atoms with Crippen LogP contribution in [0.25, 0.3) is 10.9 Å². The van der Waals surface area contributed by atoms with Crippen LogP contribution in [0.3, 0.4) is 0 Å². The second-order valence-corrected chi connectivity index (χ2v) is 5.99. The van der Waals surface area contributed by atoms with Crippen molar-refractivity contribution >= 4 is 22.8 Å². The maximum atomic E-state index is 12.6. The molecule has 0 saturated heterocycles. The largest absolute Gasteiger partial charge is 0.480 e. The molecule has 134 valence electrons. The molecule has 0 aliphatic carbocycles. The average Bonchev–Trinajstić information content (AvgIpc) is 3.06. The lowest BCUT2D eigenvalue weighted by molar-refractivity contribution is -0.144. The molecular weight excluding hydrogens is 332 g/mol. The Balaban J connectivity index is 1.78. The van der Waals surface area contributed by atoms with E-state index >= 15 is 0 Å². The Morgan fingerprint density at radius 1 is 1.12 bits per heavy atom. The molecule has 2 aromatic carbocycles. The summed E-state index contributed by atoms with van der Waals surface area (Å²) in [5.41, 5.74) is 2.43. The number of para-hydroxylation sites is 1. The predicted molar refractivity (Wildman–Crippen MR) is 97.8 cm³/mol. The van der Waals surface area contributed by atoms with Gasteiger partial charge in [-0.25, -0.2) is 4.79 Å². The molecule has 0 aliphatic rings. The summed E-state index contributed by atoms with van der Waals surface area (Å²) in [5, 5.41) is 13.1. The van der Waals surface area contributed by atoms with Gasteiger partial charge in [-0.05, 0) is 17.2 Å². The highest BCUT2D eigenvalue weighted by Gasteiger charge is 2.27. The Bertz CT molecular complexity index is 904. The molecule has 0 bridgehead atoms. The number of benzene rings is 2. The molecule has 0 radical (unpaired) electrons. The van der Waals surface area contributed by atoms with E-state index in [0.717, 1.165) is 16.5 Å². The molecule has 0 spiro atoms. The van der Waals surface area contributed by atoms with Crippen molar-refractivity contribution in [3.63, 3.8) is 0 Å². The summed E-state index contributed by atoms with van der Waals surface area (Å²) < 4.78 is 5.27. The maximum Gasteiger partial charge on any atom is 0.326 e. The Hall–Kier alpha value is -3.12. The van der Waals surface area contributed by atoms with Crippen molar-refractivity contribution in [2.45, 2.75) is 18.6 Å². The van der Waals surface area contributed by atoms with E-state index in [-0.39, 0.29) is 6.42 Å². The standard InChI is InChI=1S/C20H20N2O4/c1-26-18(13-7-3-2-4-8-13)19(23)22-17(20(24)25)11-14-12-21-16-10-6-5-9-15(14)16/h2-10,12,17-18,21H,11H2,1H3,(H,22,23)(H,24,25)/t17-,18-/m0/s1. The third-order valence-electron chi connectivity index (χ3n) is 4.29. The molecule has 1 amide bonds. The molecule has 0 saturated carbocycles. The lowest BCUT2D eigenvalue weighted by atomic mass is 10.0. The molecule has 6 nitrogen and oxygen atoms in total. The van der Waals surface area contributed by atoms with Gasteiger partial charge in [0.1, 0.15) is 6.04 Å². The summed E-state index contributed by atoms with van der Waals surface area (Å²) in [6.45, 7) is 0. The Morgan fingerprint density at radius 3 is 2.50 bits per heavy atom. The molecule has 3 N–H and O–H groups in total. The molecular formula is C20H20N2O4. The SMILES string of the molecule is CO[C@H](C(=O)N[C@@H](Cc1c[nH]c2ccccc12)C(=O)O)c1ccccc1. The monoisotopic (exact) mass is 352 g/mol. The first-order valence-electron chi connectivity index (χ1n) is 8.26. The minimum Gasteiger partial charge on any atom is -0.480 e. The fraction of sp³-hybridized carbons (Fsp3) is 0.200. The number of hydrogen-bond acceptors (Lipinski definition) is 3. The number of carbonyl (C=O) groups excluding carboxylic acids is 1. The molecule has 2 atom stereocenters. The molecule has 3 aromatic rings. The first kappa shape index (κ1) is 17.7. The van der Waals surface area contributed by atoms with Gasteiger partial charge in [0.2, 0.25) is 0 Å². The lowest BCUT2D eigenvalue weighted by Gasteiger charge is -2.19. The van der Waals surface area contributed by atoms with Crippen molar-refractivity contribution < 1.29 is 19.4 Å². The van der Waals surface area contributed by atoms with Gasteiger partial charge >= 0.3 is 5.97 Å². The van der Waals surface area contributed by atoms with Crippen LogP contribution in [0.5, 0.6) is 0 Å². The van der Waals surface area contributed by atoms with E-state index in [2.05, 4.69) is 10.3 Å². The van der Waals surface area contributed by atoms with Crippen LogP contribution in [0.2, 0.25) is 0 Å². The summed E-state index contributed by atoms with van der Waals surface area (Å²) in [6, 6.07) is 15.6. The molecule has 3 rings (SSSR count). The van der Waals surface area contributed by atoms with E-state index in [9.17, 15) is 14.7 Å². The summed E-state index contributed by atoms with van der Waals surface area (Å²) >= 11 is 0. The molecule has 1 heterocycles. The zero-order valence-electron chi connectivity index (χ0n) is 14.3. The normalized spacial score (nSPS) is 13.3. The van der Waals surface area contributed by atoms with E-state index in [0.29, 0.717) is 5.56 Å². The predicted octanol–water partition coefficient (Wildman–Crippen LogP) is 2.67. The number of fused-ring (bicyclic) bond motifs is 1.